The van der Waals surface area contributed by atoms with E-state index in [1.807, 2.05) is 31.2 Å². The molecule has 0 saturated heterocycles. The standard InChI is InChI=1S/C15H20O3S/c1-11-6-8-13(9-7-11)19(17)10-12(2)18-15-5-3-4-14(15)16/h6-9,14-16H,2-5,10H2,1H3/t14-,15+,19-/m1/s1. The highest BCUT2D eigenvalue weighted by Crippen LogP contribution is 2.24. The van der Waals surface area contributed by atoms with Crippen molar-refractivity contribution in [3.8, 4) is 0 Å². The van der Waals surface area contributed by atoms with E-state index in [4.69, 9.17) is 4.74 Å². The molecule has 0 aliphatic heterocycles. The van der Waals surface area contributed by atoms with Crippen LogP contribution in [0.3, 0.4) is 0 Å². The Bertz CT molecular complexity index is 467. The van der Waals surface area contributed by atoms with E-state index in [1.54, 1.807) is 0 Å². The first-order valence-electron chi connectivity index (χ1n) is 6.54. The first-order valence-corrected chi connectivity index (χ1v) is 7.85. The van der Waals surface area contributed by atoms with E-state index in [2.05, 4.69) is 6.58 Å². The van der Waals surface area contributed by atoms with Crippen molar-refractivity contribution < 1.29 is 14.1 Å². The molecule has 1 aliphatic carbocycles. The largest absolute Gasteiger partial charge is 0.492 e. The van der Waals surface area contributed by atoms with Gasteiger partial charge in [0.05, 0.1) is 22.7 Å². The smallest absolute Gasteiger partial charge is 0.124 e. The first-order chi connectivity index (χ1) is 9.06. The zero-order valence-corrected chi connectivity index (χ0v) is 12.0. The second kappa shape index (κ2) is 6.35. The second-order valence-corrected chi connectivity index (χ2v) is 6.45. The highest BCUT2D eigenvalue weighted by atomic mass is 32.2. The molecule has 0 spiro atoms. The van der Waals surface area contributed by atoms with Crippen molar-refractivity contribution in [1.29, 1.82) is 0 Å². The van der Waals surface area contributed by atoms with Crippen LogP contribution in [0.5, 0.6) is 0 Å². The predicted molar refractivity (Wildman–Crippen MR) is 76.3 cm³/mol. The summed E-state index contributed by atoms with van der Waals surface area (Å²) in [5.41, 5.74) is 1.14. The lowest BCUT2D eigenvalue weighted by Crippen LogP contribution is -2.23. The Kier molecular flexibility index (Phi) is 4.77. The summed E-state index contributed by atoms with van der Waals surface area (Å²) in [5.74, 6) is 0.775. The van der Waals surface area contributed by atoms with Gasteiger partial charge in [-0.25, -0.2) is 0 Å². The number of ether oxygens (including phenoxy) is 1. The number of rotatable bonds is 5. The van der Waals surface area contributed by atoms with Gasteiger partial charge in [-0.15, -0.1) is 0 Å². The van der Waals surface area contributed by atoms with Gasteiger partial charge in [0.1, 0.15) is 11.9 Å². The average molecular weight is 280 g/mol. The van der Waals surface area contributed by atoms with Crippen LogP contribution in [0, 0.1) is 6.92 Å². The van der Waals surface area contributed by atoms with E-state index in [-0.39, 0.29) is 11.9 Å². The first kappa shape index (κ1) is 14.3. The summed E-state index contributed by atoms with van der Waals surface area (Å²) in [6.07, 6.45) is 2.00. The Hall–Kier alpha value is -1.13. The summed E-state index contributed by atoms with van der Waals surface area (Å²) in [5, 5.41) is 9.68. The normalized spacial score (nSPS) is 24.1. The number of hydrogen-bond acceptors (Lipinski definition) is 3. The summed E-state index contributed by atoms with van der Waals surface area (Å²) < 4.78 is 17.7. The van der Waals surface area contributed by atoms with E-state index in [0.29, 0.717) is 5.76 Å². The molecular weight excluding hydrogens is 260 g/mol. The molecule has 0 amide bonds. The third-order valence-corrected chi connectivity index (χ3v) is 4.69. The minimum absolute atomic E-state index is 0.178. The molecule has 2 rings (SSSR count). The van der Waals surface area contributed by atoms with Gasteiger partial charge < -0.3 is 9.84 Å². The van der Waals surface area contributed by atoms with Crippen LogP contribution in [0.4, 0.5) is 0 Å². The summed E-state index contributed by atoms with van der Waals surface area (Å²) in [4.78, 5) is 0.780. The number of aryl methyl sites for hydroxylation is 1. The minimum atomic E-state index is -1.14. The summed E-state index contributed by atoms with van der Waals surface area (Å²) in [7, 11) is -1.14. The lowest BCUT2D eigenvalue weighted by atomic mass is 10.2. The van der Waals surface area contributed by atoms with Crippen LogP contribution in [0.2, 0.25) is 0 Å². The maximum Gasteiger partial charge on any atom is 0.124 e. The topological polar surface area (TPSA) is 46.5 Å². The number of aliphatic hydroxyl groups is 1. The van der Waals surface area contributed by atoms with Crippen molar-refractivity contribution in [2.45, 2.75) is 43.3 Å². The highest BCUT2D eigenvalue weighted by molar-refractivity contribution is 7.85. The molecule has 3 nitrogen and oxygen atoms in total. The molecule has 1 aliphatic rings. The summed E-state index contributed by atoms with van der Waals surface area (Å²) in [6, 6.07) is 7.61. The molecule has 4 heteroatoms. The van der Waals surface area contributed by atoms with Gasteiger partial charge >= 0.3 is 0 Å². The van der Waals surface area contributed by atoms with E-state index >= 15 is 0 Å². The summed E-state index contributed by atoms with van der Waals surface area (Å²) in [6.45, 7) is 5.81. The van der Waals surface area contributed by atoms with Crippen LogP contribution < -0.4 is 0 Å². The third-order valence-electron chi connectivity index (χ3n) is 3.31. The van der Waals surface area contributed by atoms with Crippen LogP contribution >= 0.6 is 0 Å². The fourth-order valence-corrected chi connectivity index (χ4v) is 3.18. The van der Waals surface area contributed by atoms with Crippen molar-refractivity contribution >= 4 is 10.8 Å². The fourth-order valence-electron chi connectivity index (χ4n) is 2.21. The van der Waals surface area contributed by atoms with Crippen LogP contribution in [-0.2, 0) is 15.5 Å². The van der Waals surface area contributed by atoms with Gasteiger partial charge in [0.15, 0.2) is 0 Å². The molecule has 0 unspecified atom stereocenters. The monoisotopic (exact) mass is 280 g/mol. The predicted octanol–water partition coefficient (Wildman–Crippen LogP) is 2.55. The lowest BCUT2D eigenvalue weighted by Gasteiger charge is -2.18. The number of aliphatic hydroxyl groups excluding tert-OH is 1. The molecule has 0 aromatic heterocycles. The molecule has 0 radical (unpaired) electrons. The maximum absolute atomic E-state index is 12.1. The minimum Gasteiger partial charge on any atom is -0.492 e. The highest BCUT2D eigenvalue weighted by Gasteiger charge is 2.27. The maximum atomic E-state index is 12.1. The van der Waals surface area contributed by atoms with E-state index in [1.165, 1.54) is 0 Å². The van der Waals surface area contributed by atoms with Gasteiger partial charge in [-0.05, 0) is 38.3 Å². The van der Waals surface area contributed by atoms with Gasteiger partial charge in [-0.2, -0.15) is 0 Å². The molecule has 0 heterocycles. The zero-order chi connectivity index (χ0) is 13.8. The second-order valence-electron chi connectivity index (χ2n) is 5.00. The van der Waals surface area contributed by atoms with Crippen molar-refractivity contribution in [2.24, 2.45) is 0 Å². The molecule has 19 heavy (non-hydrogen) atoms. The molecule has 1 fully saturated rings. The fraction of sp³-hybridized carbons (Fsp3) is 0.467. The van der Waals surface area contributed by atoms with E-state index < -0.39 is 16.9 Å². The average Bonchev–Trinajstić information content (AvgIpc) is 2.75. The van der Waals surface area contributed by atoms with Gasteiger partial charge in [0.2, 0.25) is 0 Å². The number of hydrogen-bond donors (Lipinski definition) is 1. The Labute approximate surface area is 116 Å². The molecule has 1 saturated carbocycles. The van der Waals surface area contributed by atoms with Crippen molar-refractivity contribution in [3.63, 3.8) is 0 Å². The van der Waals surface area contributed by atoms with Crippen molar-refractivity contribution in [3.05, 3.63) is 42.2 Å². The van der Waals surface area contributed by atoms with Gasteiger partial charge in [-0.1, -0.05) is 24.3 Å². The zero-order valence-electron chi connectivity index (χ0n) is 11.2. The Morgan fingerprint density at radius 3 is 2.68 bits per heavy atom. The van der Waals surface area contributed by atoms with Crippen LogP contribution in [-0.4, -0.2) is 27.3 Å². The van der Waals surface area contributed by atoms with Gasteiger partial charge in [-0.3, -0.25) is 4.21 Å². The lowest BCUT2D eigenvalue weighted by molar-refractivity contribution is 0.0195. The van der Waals surface area contributed by atoms with Gasteiger partial charge in [0, 0.05) is 4.90 Å². The molecule has 1 N–H and O–H groups in total. The van der Waals surface area contributed by atoms with Crippen LogP contribution in [0.15, 0.2) is 41.5 Å². The molecule has 0 bridgehead atoms. The van der Waals surface area contributed by atoms with Gasteiger partial charge in [0.25, 0.3) is 0 Å². The molecular formula is C15H20O3S. The SMILES string of the molecule is C=C(C[S@@](=O)c1ccc(C)cc1)O[C@H]1CCC[C@H]1O. The van der Waals surface area contributed by atoms with E-state index in [0.717, 1.165) is 29.7 Å². The number of benzene rings is 1. The molecule has 1 aromatic carbocycles. The quantitative estimate of drug-likeness (QED) is 0.843. The Morgan fingerprint density at radius 1 is 1.42 bits per heavy atom. The molecule has 1 aromatic rings. The Morgan fingerprint density at radius 2 is 2.11 bits per heavy atom. The van der Waals surface area contributed by atoms with E-state index in [9.17, 15) is 9.32 Å². The summed E-state index contributed by atoms with van der Waals surface area (Å²) >= 11 is 0. The molecule has 104 valence electrons. The van der Waals surface area contributed by atoms with Crippen LogP contribution in [0.1, 0.15) is 24.8 Å². The van der Waals surface area contributed by atoms with Crippen molar-refractivity contribution in [2.75, 3.05) is 5.75 Å². The third kappa shape index (κ3) is 3.91. The van der Waals surface area contributed by atoms with Crippen LogP contribution in [0.25, 0.3) is 0 Å². The molecule has 3 atom stereocenters. The van der Waals surface area contributed by atoms with Crippen molar-refractivity contribution in [1.82, 2.24) is 0 Å². The Balaban J connectivity index is 1.88.